The summed E-state index contributed by atoms with van der Waals surface area (Å²) in [6.45, 7) is 1.72. The van der Waals surface area contributed by atoms with Crippen LogP contribution in [-0.4, -0.2) is 8.42 Å². The van der Waals surface area contributed by atoms with Crippen LogP contribution in [0.4, 0.5) is 11.4 Å². The zero-order chi connectivity index (χ0) is 15.6. The molecule has 4 nitrogen and oxygen atoms in total. The number of rotatable bonds is 3. The summed E-state index contributed by atoms with van der Waals surface area (Å²) in [4.78, 5) is 0.00158. The molecule has 0 bridgehead atoms. The van der Waals surface area contributed by atoms with Gasteiger partial charge in [0.1, 0.15) is 0 Å². The van der Waals surface area contributed by atoms with Gasteiger partial charge in [-0.25, -0.2) is 8.42 Å². The summed E-state index contributed by atoms with van der Waals surface area (Å²) < 4.78 is 27.1. The summed E-state index contributed by atoms with van der Waals surface area (Å²) in [5.41, 5.74) is 7.67. The molecular weight excluding hydrogens is 308 g/mol. The van der Waals surface area contributed by atoms with Gasteiger partial charge < -0.3 is 5.73 Å². The molecule has 0 fully saturated rings. The van der Waals surface area contributed by atoms with Gasteiger partial charge in [0, 0.05) is 16.3 Å². The van der Waals surface area contributed by atoms with Crippen molar-refractivity contribution in [3.8, 4) is 12.3 Å². The predicted molar refractivity (Wildman–Crippen MR) is 85.8 cm³/mol. The molecule has 0 aliphatic carbocycles. The van der Waals surface area contributed by atoms with E-state index in [4.69, 9.17) is 23.8 Å². The average molecular weight is 321 g/mol. The van der Waals surface area contributed by atoms with Crippen LogP contribution in [0.3, 0.4) is 0 Å². The highest BCUT2D eigenvalue weighted by molar-refractivity contribution is 7.92. The third-order valence-corrected chi connectivity index (χ3v) is 4.70. The second-order valence-corrected chi connectivity index (χ2v) is 6.54. The molecule has 0 aliphatic rings. The van der Waals surface area contributed by atoms with Crippen molar-refractivity contribution in [3.63, 3.8) is 0 Å². The summed E-state index contributed by atoms with van der Waals surface area (Å²) in [5.74, 6) is 2.44. The fourth-order valence-electron chi connectivity index (χ4n) is 1.72. The maximum absolute atomic E-state index is 12.3. The molecule has 6 heteroatoms. The van der Waals surface area contributed by atoms with Crippen LogP contribution in [-0.2, 0) is 10.0 Å². The Bertz CT molecular complexity index is 816. The summed E-state index contributed by atoms with van der Waals surface area (Å²) >= 11 is 5.98. The lowest BCUT2D eigenvalue weighted by molar-refractivity contribution is 0.601. The second-order valence-electron chi connectivity index (χ2n) is 4.45. The normalized spacial score (nSPS) is 10.9. The molecule has 0 aromatic heterocycles. The summed E-state index contributed by atoms with van der Waals surface area (Å²) in [5, 5.41) is 0.299. The SMILES string of the molecule is C#Cc1cccc(NS(=O)(=O)c2cc(N)c(C)c(Cl)c2)c1. The number of nitrogens with two attached hydrogens (primary N) is 1. The van der Waals surface area contributed by atoms with Gasteiger partial charge in [-0.2, -0.15) is 0 Å². The van der Waals surface area contributed by atoms with Gasteiger partial charge in [-0.15, -0.1) is 6.42 Å². The van der Waals surface area contributed by atoms with Gasteiger partial charge in [-0.05, 0) is 42.8 Å². The van der Waals surface area contributed by atoms with E-state index in [1.807, 2.05) is 0 Å². The number of sulfonamides is 1. The third kappa shape index (κ3) is 3.30. The lowest BCUT2D eigenvalue weighted by Gasteiger charge is -2.11. The summed E-state index contributed by atoms with van der Waals surface area (Å²) in [7, 11) is -3.78. The van der Waals surface area contributed by atoms with Crippen molar-refractivity contribution in [3.05, 3.63) is 52.5 Å². The fraction of sp³-hybridized carbons (Fsp3) is 0.0667. The van der Waals surface area contributed by atoms with Gasteiger partial charge in [0.25, 0.3) is 10.0 Å². The van der Waals surface area contributed by atoms with E-state index in [1.54, 1.807) is 31.2 Å². The predicted octanol–water partition coefficient (Wildman–Crippen LogP) is 3.01. The minimum absolute atomic E-state index is 0.00158. The monoisotopic (exact) mass is 320 g/mol. The van der Waals surface area contributed by atoms with Crippen molar-refractivity contribution < 1.29 is 8.42 Å². The van der Waals surface area contributed by atoms with Crippen LogP contribution in [0.5, 0.6) is 0 Å². The van der Waals surface area contributed by atoms with Crippen LogP contribution in [0, 0.1) is 19.3 Å². The zero-order valence-electron chi connectivity index (χ0n) is 11.2. The van der Waals surface area contributed by atoms with Gasteiger partial charge in [0.05, 0.1) is 10.6 Å². The highest BCUT2D eigenvalue weighted by Crippen LogP contribution is 2.27. The lowest BCUT2D eigenvalue weighted by atomic mass is 10.2. The summed E-state index contributed by atoms with van der Waals surface area (Å²) in [6.07, 6.45) is 5.29. The van der Waals surface area contributed by atoms with Gasteiger partial charge in [0.2, 0.25) is 0 Å². The third-order valence-electron chi connectivity index (χ3n) is 2.95. The molecule has 2 aromatic rings. The molecule has 2 rings (SSSR count). The molecular formula is C15H13ClN2O2S. The van der Waals surface area contributed by atoms with Gasteiger partial charge >= 0.3 is 0 Å². The number of hydrogen-bond donors (Lipinski definition) is 2. The Balaban J connectivity index is 2.41. The number of halogens is 1. The van der Waals surface area contributed by atoms with E-state index in [2.05, 4.69) is 10.6 Å². The Hall–Kier alpha value is -2.16. The Morgan fingerprint density at radius 3 is 2.62 bits per heavy atom. The van der Waals surface area contributed by atoms with Crippen LogP contribution in [0.1, 0.15) is 11.1 Å². The van der Waals surface area contributed by atoms with E-state index in [-0.39, 0.29) is 4.90 Å². The molecule has 0 atom stereocenters. The van der Waals surface area contributed by atoms with Crippen LogP contribution < -0.4 is 10.5 Å². The quantitative estimate of drug-likeness (QED) is 0.674. The lowest BCUT2D eigenvalue weighted by Crippen LogP contribution is -2.13. The first-order chi connectivity index (χ1) is 9.83. The van der Waals surface area contributed by atoms with Crippen molar-refractivity contribution in [1.82, 2.24) is 0 Å². The van der Waals surface area contributed by atoms with Crippen molar-refractivity contribution >= 4 is 33.0 Å². The molecule has 0 amide bonds. The molecule has 3 N–H and O–H groups in total. The molecule has 108 valence electrons. The number of benzene rings is 2. The van der Waals surface area contributed by atoms with Gasteiger partial charge in [-0.3, -0.25) is 4.72 Å². The highest BCUT2D eigenvalue weighted by Gasteiger charge is 2.17. The van der Waals surface area contributed by atoms with Crippen LogP contribution in [0.15, 0.2) is 41.3 Å². The molecule has 0 radical (unpaired) electrons. The molecule has 2 aromatic carbocycles. The first kappa shape index (κ1) is 15.2. The Morgan fingerprint density at radius 2 is 2.00 bits per heavy atom. The first-order valence-electron chi connectivity index (χ1n) is 5.98. The van der Waals surface area contributed by atoms with E-state index >= 15 is 0 Å². The molecule has 0 heterocycles. The zero-order valence-corrected chi connectivity index (χ0v) is 12.8. The number of hydrogen-bond acceptors (Lipinski definition) is 3. The number of anilines is 2. The van der Waals surface area contributed by atoms with Crippen molar-refractivity contribution in [2.24, 2.45) is 0 Å². The average Bonchev–Trinajstić information content (AvgIpc) is 2.44. The van der Waals surface area contributed by atoms with Crippen LogP contribution in [0.2, 0.25) is 5.02 Å². The van der Waals surface area contributed by atoms with Gasteiger partial charge in [0.15, 0.2) is 0 Å². The molecule has 0 saturated heterocycles. The minimum atomic E-state index is -3.78. The molecule has 21 heavy (non-hydrogen) atoms. The highest BCUT2D eigenvalue weighted by atomic mass is 35.5. The van der Waals surface area contributed by atoms with E-state index in [1.165, 1.54) is 12.1 Å². The number of nitrogens with one attached hydrogen (secondary N) is 1. The van der Waals surface area contributed by atoms with Crippen molar-refractivity contribution in [2.75, 3.05) is 10.5 Å². The van der Waals surface area contributed by atoms with E-state index in [0.717, 1.165) is 0 Å². The van der Waals surface area contributed by atoms with Crippen molar-refractivity contribution in [2.45, 2.75) is 11.8 Å². The maximum atomic E-state index is 12.3. The van der Waals surface area contributed by atoms with E-state index in [0.29, 0.717) is 27.5 Å². The molecule has 0 unspecified atom stereocenters. The Kier molecular flexibility index (Phi) is 4.12. The van der Waals surface area contributed by atoms with Crippen LogP contribution in [0.25, 0.3) is 0 Å². The molecule has 0 saturated carbocycles. The number of nitrogen functional groups attached to an aromatic ring is 1. The standard InChI is InChI=1S/C15H13ClN2O2S/c1-3-11-5-4-6-12(7-11)18-21(19,20)13-8-14(16)10(2)15(17)9-13/h1,4-9,18H,17H2,2H3. The fourth-order valence-corrected chi connectivity index (χ4v) is 3.12. The number of terminal acetylenes is 1. The summed E-state index contributed by atoms with van der Waals surface area (Å²) in [6, 6.07) is 9.28. The largest absolute Gasteiger partial charge is 0.398 e. The van der Waals surface area contributed by atoms with E-state index < -0.39 is 10.0 Å². The second kappa shape index (κ2) is 5.68. The molecule has 0 spiro atoms. The van der Waals surface area contributed by atoms with Crippen LogP contribution >= 0.6 is 11.6 Å². The Morgan fingerprint density at radius 1 is 1.29 bits per heavy atom. The maximum Gasteiger partial charge on any atom is 0.262 e. The topological polar surface area (TPSA) is 72.2 Å². The minimum Gasteiger partial charge on any atom is -0.398 e. The van der Waals surface area contributed by atoms with E-state index in [9.17, 15) is 8.42 Å². The first-order valence-corrected chi connectivity index (χ1v) is 7.85. The van der Waals surface area contributed by atoms with Gasteiger partial charge in [-0.1, -0.05) is 23.6 Å². The Labute approximate surface area is 129 Å². The van der Waals surface area contributed by atoms with Crippen molar-refractivity contribution in [1.29, 1.82) is 0 Å². The smallest absolute Gasteiger partial charge is 0.262 e. The molecule has 0 aliphatic heterocycles.